The summed E-state index contributed by atoms with van der Waals surface area (Å²) in [5.74, 6) is -0.147. The van der Waals surface area contributed by atoms with E-state index < -0.39 is 73.9 Å². The van der Waals surface area contributed by atoms with Crippen LogP contribution in [0.3, 0.4) is 0 Å². The van der Waals surface area contributed by atoms with Crippen LogP contribution in [0.5, 0.6) is 5.75 Å². The number of halogens is 2. The lowest BCUT2D eigenvalue weighted by atomic mass is 9.92. The molecule has 1 aliphatic heterocycles. The third-order valence-electron chi connectivity index (χ3n) is 5.33. The number of carbonyl (C=O) groups excluding carboxylic acids is 1. The Kier molecular flexibility index (Phi) is 9.74. The third kappa shape index (κ3) is 7.14. The lowest BCUT2D eigenvalue weighted by Crippen LogP contribution is -2.55. The molecule has 1 fully saturated rings. The van der Waals surface area contributed by atoms with Gasteiger partial charge < -0.3 is 30.6 Å². The molecule has 1 aliphatic rings. The molecular weight excluding hydrogens is 562 g/mol. The Hall–Kier alpha value is -3.02. The van der Waals surface area contributed by atoms with Gasteiger partial charge >= 0.3 is 19.5 Å². The van der Waals surface area contributed by atoms with Crippen LogP contribution in [0.25, 0.3) is 0 Å². The number of aliphatic hydroxyl groups excluding tert-OH is 1. The van der Waals surface area contributed by atoms with Crippen molar-refractivity contribution in [3.05, 3.63) is 52.8 Å². The largest absolute Gasteiger partial charge is 0.530 e. The smallest absolute Gasteiger partial charge is 0.461 e. The van der Waals surface area contributed by atoms with E-state index in [9.17, 15) is 23.7 Å². The number of aliphatic hydroxyl groups is 1. The van der Waals surface area contributed by atoms with Crippen LogP contribution in [0.1, 0.15) is 27.0 Å². The predicted octanol–water partition coefficient (Wildman–Crippen LogP) is 1.68. The van der Waals surface area contributed by atoms with Gasteiger partial charge in [0, 0.05) is 5.38 Å². The number of esters is 1. The molecule has 1 unspecified atom stereocenters. The summed E-state index contributed by atoms with van der Waals surface area (Å²) in [5, 5.41) is 13.0. The molecule has 0 aliphatic carbocycles. The average molecular weight is 589 g/mol. The number of phosphoric acid groups is 1. The van der Waals surface area contributed by atoms with E-state index in [4.69, 9.17) is 46.1 Å². The Labute approximate surface area is 227 Å². The van der Waals surface area contributed by atoms with Gasteiger partial charge in [0.25, 0.3) is 0 Å². The molecule has 0 amide bonds. The van der Waals surface area contributed by atoms with Gasteiger partial charge in [0.1, 0.15) is 18.0 Å². The highest BCUT2D eigenvalue weighted by Gasteiger charge is 2.55. The molecule has 39 heavy (non-hydrogen) atoms. The van der Waals surface area contributed by atoms with Crippen molar-refractivity contribution in [1.82, 2.24) is 9.55 Å². The maximum Gasteiger partial charge on any atom is 0.530 e. The topological polar surface area (TPSA) is 187 Å². The summed E-state index contributed by atoms with van der Waals surface area (Å²) in [6, 6.07) is 7.79. The van der Waals surface area contributed by atoms with Gasteiger partial charge in [-0.1, -0.05) is 24.1 Å². The fourth-order valence-electron chi connectivity index (χ4n) is 3.49. The highest BCUT2D eigenvalue weighted by molar-refractivity contribution is 7.49. The first-order chi connectivity index (χ1) is 18.3. The van der Waals surface area contributed by atoms with Crippen LogP contribution in [0, 0.1) is 17.1 Å². The van der Waals surface area contributed by atoms with E-state index in [1.807, 2.05) is 5.38 Å². The van der Waals surface area contributed by atoms with E-state index in [1.54, 1.807) is 32.0 Å². The molecule has 0 spiro atoms. The first kappa shape index (κ1) is 30.5. The van der Waals surface area contributed by atoms with Gasteiger partial charge in [0.2, 0.25) is 0 Å². The summed E-state index contributed by atoms with van der Waals surface area (Å²) < 4.78 is 55.3. The van der Waals surface area contributed by atoms with Gasteiger partial charge in [-0.05, 0) is 44.5 Å². The van der Waals surface area contributed by atoms with Crippen LogP contribution in [-0.4, -0.2) is 57.2 Å². The summed E-state index contributed by atoms with van der Waals surface area (Å²) in [6.07, 6.45) is -5.97. The number of anilines is 1. The van der Waals surface area contributed by atoms with E-state index in [1.165, 1.54) is 19.1 Å². The van der Waals surface area contributed by atoms with Crippen LogP contribution in [-0.2, 0) is 27.9 Å². The lowest BCUT2D eigenvalue weighted by Gasteiger charge is -2.27. The lowest BCUT2D eigenvalue weighted by molar-refractivity contribution is -0.156. The maximum atomic E-state index is 14.1. The molecule has 16 heteroatoms. The fourth-order valence-corrected chi connectivity index (χ4v) is 5.00. The van der Waals surface area contributed by atoms with Gasteiger partial charge in [-0.2, -0.15) is 4.98 Å². The van der Waals surface area contributed by atoms with E-state index in [0.29, 0.717) is 10.8 Å². The maximum absolute atomic E-state index is 14.1. The molecular formula is C23H27ClFN4O9P. The van der Waals surface area contributed by atoms with Crippen molar-refractivity contribution < 1.29 is 41.9 Å². The third-order valence-corrected chi connectivity index (χ3v) is 6.90. The van der Waals surface area contributed by atoms with Crippen LogP contribution >= 0.6 is 19.4 Å². The molecule has 212 valence electrons. The van der Waals surface area contributed by atoms with E-state index in [0.717, 1.165) is 0 Å². The monoisotopic (exact) mass is 588 g/mol. The number of nitrogen functional groups attached to an aromatic ring is 1. The number of ether oxygens (including phenoxy) is 2. The zero-order chi connectivity index (χ0) is 29.0. The Morgan fingerprint density at radius 1 is 1.36 bits per heavy atom. The summed E-state index contributed by atoms with van der Waals surface area (Å²) >= 11 is 5.53. The Balaban J connectivity index is 1.88. The van der Waals surface area contributed by atoms with Gasteiger partial charge in [0.05, 0.1) is 18.9 Å². The van der Waals surface area contributed by atoms with Crippen LogP contribution in [0.4, 0.5) is 10.2 Å². The van der Waals surface area contributed by atoms with Crippen molar-refractivity contribution in [1.29, 1.82) is 0 Å². The minimum atomic E-state index is -4.60. The summed E-state index contributed by atoms with van der Waals surface area (Å²) in [7, 11) is -4.60. The molecule has 2 aromatic rings. The zero-order valence-electron chi connectivity index (χ0n) is 21.0. The summed E-state index contributed by atoms with van der Waals surface area (Å²) in [4.78, 5) is 28.0. The number of hydrogen-bond donors (Lipinski definition) is 3. The van der Waals surface area contributed by atoms with Gasteiger partial charge in [-0.25, -0.2) is 18.5 Å². The van der Waals surface area contributed by atoms with Crippen LogP contribution in [0.2, 0.25) is 0 Å². The Morgan fingerprint density at radius 3 is 2.64 bits per heavy atom. The Morgan fingerprint density at radius 2 is 2.03 bits per heavy atom. The molecule has 1 saturated heterocycles. The van der Waals surface area contributed by atoms with Crippen molar-refractivity contribution in [2.45, 2.75) is 57.0 Å². The van der Waals surface area contributed by atoms with E-state index >= 15 is 0 Å². The molecule has 5 N–H and O–H groups in total. The minimum absolute atomic E-state index is 0.0761. The molecule has 1 aromatic carbocycles. The second kappa shape index (κ2) is 12.4. The zero-order valence-corrected chi connectivity index (χ0v) is 22.7. The Bertz CT molecular complexity index is 1350. The highest BCUT2D eigenvalue weighted by atomic mass is 35.5. The average Bonchev–Trinajstić information content (AvgIpc) is 3.10. The van der Waals surface area contributed by atoms with Crippen molar-refractivity contribution in [2.75, 3.05) is 12.3 Å². The standard InChI is InChI=1S/C23H27ClFN4O9P/c1-13(2)35-20(31)14(3)37-39(33,38-15-7-5-4-6-8-15)34-12-17-18(30)23(27,9-10-24)21(36-17)29-11-16(25)19(26)28-22(29)32/h4-8,11,13-14,17-18,21,30H,12,27H2,1-3H3,(H2,26,28,32)/t14-,17+,18-,21+,23+,39?/m0/s1. The van der Waals surface area contributed by atoms with E-state index in [-0.39, 0.29) is 5.75 Å². The number of rotatable bonds is 10. The molecule has 2 heterocycles. The quantitative estimate of drug-likeness (QED) is 0.207. The highest BCUT2D eigenvalue weighted by Crippen LogP contribution is 2.51. The van der Waals surface area contributed by atoms with Crippen molar-refractivity contribution >= 4 is 31.2 Å². The molecule has 6 atom stereocenters. The molecule has 0 bridgehead atoms. The SMILES string of the molecule is CC(C)OC(=O)[C@H](C)OP(=O)(OC[C@H]1O[C@@H](n2cc(F)c(N)nc2=O)[C@@](N)(C#CCl)[C@H]1O)Oc1ccccc1. The number of para-hydroxylation sites is 1. The molecule has 0 radical (unpaired) electrons. The fraction of sp³-hybridized carbons (Fsp3) is 0.435. The molecule has 3 rings (SSSR count). The first-order valence-electron chi connectivity index (χ1n) is 11.5. The normalized spacial score (nSPS) is 24.9. The molecule has 13 nitrogen and oxygen atoms in total. The number of carbonyl (C=O) groups is 1. The van der Waals surface area contributed by atoms with Crippen LogP contribution in [0.15, 0.2) is 41.3 Å². The molecule has 0 saturated carbocycles. The van der Waals surface area contributed by atoms with Crippen molar-refractivity contribution in [2.24, 2.45) is 5.73 Å². The summed E-state index contributed by atoms with van der Waals surface area (Å²) in [6.45, 7) is 3.80. The number of phosphoric ester groups is 1. The van der Waals surface area contributed by atoms with Crippen molar-refractivity contribution in [3.63, 3.8) is 0 Å². The number of aromatic nitrogens is 2. The second-order valence-corrected chi connectivity index (χ2v) is 10.4. The van der Waals surface area contributed by atoms with Gasteiger partial charge in [-0.3, -0.25) is 13.6 Å². The van der Waals surface area contributed by atoms with E-state index in [2.05, 4.69) is 10.9 Å². The number of benzene rings is 1. The number of hydrogen-bond acceptors (Lipinski definition) is 12. The molecule has 1 aromatic heterocycles. The van der Waals surface area contributed by atoms with Gasteiger partial charge in [-0.15, -0.1) is 0 Å². The first-order valence-corrected chi connectivity index (χ1v) is 13.3. The second-order valence-electron chi connectivity index (χ2n) is 8.67. The van der Waals surface area contributed by atoms with Crippen molar-refractivity contribution in [3.8, 4) is 17.0 Å². The van der Waals surface area contributed by atoms with Crippen LogP contribution < -0.4 is 21.7 Å². The predicted molar refractivity (Wildman–Crippen MR) is 136 cm³/mol. The summed E-state index contributed by atoms with van der Waals surface area (Å²) in [5.41, 5.74) is 8.44. The number of nitrogens with two attached hydrogens (primary N) is 2. The minimum Gasteiger partial charge on any atom is -0.461 e. The van der Waals surface area contributed by atoms with Gasteiger partial charge in [0.15, 0.2) is 29.5 Å². The number of nitrogens with zero attached hydrogens (tertiary/aromatic N) is 2.